The van der Waals surface area contributed by atoms with Crippen molar-refractivity contribution in [1.82, 2.24) is 10.2 Å². The first-order valence-electron chi connectivity index (χ1n) is 7.36. The Kier molecular flexibility index (Phi) is 4.99. The van der Waals surface area contributed by atoms with Gasteiger partial charge in [-0.3, -0.25) is 19.3 Å². The molecule has 1 saturated heterocycles. The fourth-order valence-corrected chi connectivity index (χ4v) is 3.06. The molecule has 0 bridgehead atoms. The van der Waals surface area contributed by atoms with E-state index >= 15 is 0 Å². The van der Waals surface area contributed by atoms with E-state index in [1.807, 2.05) is 0 Å². The number of amides is 3. The lowest BCUT2D eigenvalue weighted by molar-refractivity contribution is -0.122. The molecule has 0 atom stereocenters. The molecule has 1 aliphatic heterocycles. The highest BCUT2D eigenvalue weighted by Gasteiger charge is 2.34. The van der Waals surface area contributed by atoms with E-state index in [1.165, 1.54) is 36.8 Å². The Labute approximate surface area is 146 Å². The Morgan fingerprint density at radius 1 is 1.28 bits per heavy atom. The number of hydrogen-bond donors (Lipinski definition) is 1. The third-order valence-electron chi connectivity index (χ3n) is 3.47. The number of hydrogen-bond acceptors (Lipinski definition) is 5. The first-order chi connectivity index (χ1) is 12.1. The zero-order valence-electron chi connectivity index (χ0n) is 12.9. The lowest BCUT2D eigenvalue weighted by Crippen LogP contribution is -2.37. The molecule has 0 radical (unpaired) electrons. The average molecular weight is 360 g/mol. The van der Waals surface area contributed by atoms with Gasteiger partial charge < -0.3 is 9.73 Å². The van der Waals surface area contributed by atoms with E-state index in [9.17, 15) is 18.8 Å². The van der Waals surface area contributed by atoms with Crippen molar-refractivity contribution in [3.63, 3.8) is 0 Å². The summed E-state index contributed by atoms with van der Waals surface area (Å²) in [6.07, 6.45) is 4.02. The monoisotopic (exact) mass is 360 g/mol. The van der Waals surface area contributed by atoms with Crippen LogP contribution in [0.15, 0.2) is 52.2 Å². The van der Waals surface area contributed by atoms with E-state index < -0.39 is 17.0 Å². The maximum absolute atomic E-state index is 13.7. The number of rotatable bonds is 5. The molecule has 3 rings (SSSR count). The quantitative estimate of drug-likeness (QED) is 0.830. The van der Waals surface area contributed by atoms with Crippen molar-refractivity contribution < 1.29 is 23.2 Å². The van der Waals surface area contributed by atoms with E-state index in [-0.39, 0.29) is 29.5 Å². The minimum atomic E-state index is -0.504. The van der Waals surface area contributed by atoms with Crippen LogP contribution in [0.3, 0.4) is 0 Å². The van der Waals surface area contributed by atoms with Gasteiger partial charge in [-0.15, -0.1) is 0 Å². The average Bonchev–Trinajstić information content (AvgIpc) is 3.21. The molecule has 1 aromatic carbocycles. The van der Waals surface area contributed by atoms with Gasteiger partial charge in [0.25, 0.3) is 17.1 Å². The Balaban J connectivity index is 1.62. The summed E-state index contributed by atoms with van der Waals surface area (Å²) in [5.74, 6) is -1.33. The van der Waals surface area contributed by atoms with Gasteiger partial charge in [-0.05, 0) is 30.0 Å². The maximum atomic E-state index is 13.7. The number of benzene rings is 1. The van der Waals surface area contributed by atoms with Crippen LogP contribution in [0.2, 0.25) is 0 Å². The first-order valence-corrected chi connectivity index (χ1v) is 8.18. The molecule has 1 aliphatic rings. The van der Waals surface area contributed by atoms with Gasteiger partial charge in [-0.1, -0.05) is 18.2 Å². The molecule has 1 aromatic heterocycles. The molecule has 0 unspecified atom stereocenters. The van der Waals surface area contributed by atoms with E-state index in [0.29, 0.717) is 5.56 Å². The highest BCUT2D eigenvalue weighted by Crippen LogP contribution is 2.32. The summed E-state index contributed by atoms with van der Waals surface area (Å²) in [6, 6.07) is 7.49. The Bertz CT molecular complexity index is 848. The number of thioether (sulfide) groups is 1. The zero-order chi connectivity index (χ0) is 17.8. The highest BCUT2D eigenvalue weighted by molar-refractivity contribution is 8.18. The summed E-state index contributed by atoms with van der Waals surface area (Å²) in [5.41, 5.74) is 0.592. The van der Waals surface area contributed by atoms with Crippen LogP contribution >= 0.6 is 11.8 Å². The molecule has 2 heterocycles. The van der Waals surface area contributed by atoms with Crippen molar-refractivity contribution >= 4 is 34.9 Å². The smallest absolute Gasteiger partial charge is 0.293 e. The van der Waals surface area contributed by atoms with Crippen LogP contribution in [-0.4, -0.2) is 35.0 Å². The first kappa shape index (κ1) is 17.0. The second kappa shape index (κ2) is 7.35. The van der Waals surface area contributed by atoms with Gasteiger partial charge in [0.1, 0.15) is 12.1 Å². The third kappa shape index (κ3) is 3.80. The fourth-order valence-electron chi connectivity index (χ4n) is 2.20. The van der Waals surface area contributed by atoms with E-state index in [0.717, 1.165) is 16.7 Å². The fraction of sp³-hybridized carbons (Fsp3) is 0.118. The van der Waals surface area contributed by atoms with Gasteiger partial charge in [0.05, 0.1) is 16.7 Å². The van der Waals surface area contributed by atoms with Crippen LogP contribution in [0.25, 0.3) is 6.08 Å². The van der Waals surface area contributed by atoms with Crippen LogP contribution in [0, 0.1) is 5.82 Å². The van der Waals surface area contributed by atoms with Crippen molar-refractivity contribution in [2.24, 2.45) is 0 Å². The van der Waals surface area contributed by atoms with Crippen molar-refractivity contribution in [1.29, 1.82) is 0 Å². The largest absolute Gasteiger partial charge is 0.472 e. The van der Waals surface area contributed by atoms with Gasteiger partial charge in [0.15, 0.2) is 0 Å². The topological polar surface area (TPSA) is 79.6 Å². The summed E-state index contributed by atoms with van der Waals surface area (Å²) >= 11 is 0.746. The summed E-state index contributed by atoms with van der Waals surface area (Å²) in [7, 11) is 0. The van der Waals surface area contributed by atoms with Gasteiger partial charge in [0.2, 0.25) is 0 Å². The Morgan fingerprint density at radius 3 is 2.80 bits per heavy atom. The molecular weight excluding hydrogens is 347 g/mol. The van der Waals surface area contributed by atoms with Crippen LogP contribution in [0.5, 0.6) is 0 Å². The standard InChI is InChI=1S/C17H13FN2O4S/c18-13-4-2-1-3-11(13)9-14-16(22)20(17(23)25-14)7-6-19-15(21)12-5-8-24-10-12/h1-5,8-10H,6-7H2,(H,19,21)/b14-9-. The minimum Gasteiger partial charge on any atom is -0.472 e. The molecule has 2 aromatic rings. The lowest BCUT2D eigenvalue weighted by Gasteiger charge is -2.12. The minimum absolute atomic E-state index is 0.0306. The lowest BCUT2D eigenvalue weighted by atomic mass is 10.2. The van der Waals surface area contributed by atoms with E-state index in [1.54, 1.807) is 12.1 Å². The van der Waals surface area contributed by atoms with Crippen LogP contribution < -0.4 is 5.32 Å². The number of nitrogens with one attached hydrogen (secondary N) is 1. The number of carbonyl (C=O) groups excluding carboxylic acids is 3. The van der Waals surface area contributed by atoms with Crippen molar-refractivity contribution in [3.05, 3.63) is 64.7 Å². The molecule has 1 fully saturated rings. The van der Waals surface area contributed by atoms with Gasteiger partial charge in [-0.25, -0.2) is 4.39 Å². The Hall–Kier alpha value is -2.87. The molecule has 0 spiro atoms. The maximum Gasteiger partial charge on any atom is 0.293 e. The molecule has 128 valence electrons. The van der Waals surface area contributed by atoms with Crippen molar-refractivity contribution in [2.45, 2.75) is 0 Å². The number of halogens is 1. The van der Waals surface area contributed by atoms with Gasteiger partial charge in [0, 0.05) is 18.7 Å². The number of imide groups is 1. The second-order valence-corrected chi connectivity index (χ2v) is 6.12. The number of nitrogens with zero attached hydrogens (tertiary/aromatic N) is 1. The normalized spacial score (nSPS) is 15.9. The second-order valence-electron chi connectivity index (χ2n) is 5.12. The summed E-state index contributed by atoms with van der Waals surface area (Å²) in [6.45, 7) is 0.137. The van der Waals surface area contributed by atoms with Crippen LogP contribution in [0.4, 0.5) is 9.18 Å². The highest BCUT2D eigenvalue weighted by atomic mass is 32.2. The number of furan rings is 1. The van der Waals surface area contributed by atoms with Crippen molar-refractivity contribution in [2.75, 3.05) is 13.1 Å². The predicted octanol–water partition coefficient (Wildman–Crippen LogP) is 2.89. The molecule has 25 heavy (non-hydrogen) atoms. The molecule has 6 nitrogen and oxygen atoms in total. The number of carbonyl (C=O) groups is 3. The van der Waals surface area contributed by atoms with Gasteiger partial charge in [-0.2, -0.15) is 0 Å². The van der Waals surface area contributed by atoms with Crippen molar-refractivity contribution in [3.8, 4) is 0 Å². The Morgan fingerprint density at radius 2 is 2.08 bits per heavy atom. The predicted molar refractivity (Wildman–Crippen MR) is 90.1 cm³/mol. The van der Waals surface area contributed by atoms with Gasteiger partial charge >= 0.3 is 0 Å². The molecule has 0 aliphatic carbocycles. The van der Waals surface area contributed by atoms with E-state index in [4.69, 9.17) is 4.42 Å². The molecule has 8 heteroatoms. The van der Waals surface area contributed by atoms with Crippen LogP contribution in [0.1, 0.15) is 15.9 Å². The summed E-state index contributed by atoms with van der Waals surface area (Å²) in [4.78, 5) is 37.2. The summed E-state index contributed by atoms with van der Waals surface area (Å²) < 4.78 is 18.5. The molecule has 1 N–H and O–H groups in total. The van der Waals surface area contributed by atoms with E-state index in [2.05, 4.69) is 5.32 Å². The molecular formula is C17H13FN2O4S. The molecule has 3 amide bonds. The molecule has 0 saturated carbocycles. The zero-order valence-corrected chi connectivity index (χ0v) is 13.7. The summed E-state index contributed by atoms with van der Waals surface area (Å²) in [5, 5.41) is 2.14. The SMILES string of the molecule is O=C(NCCN1C(=O)S/C(=C\c2ccccc2F)C1=O)c1ccoc1. The third-order valence-corrected chi connectivity index (χ3v) is 4.38. The van der Waals surface area contributed by atoms with Crippen LogP contribution in [-0.2, 0) is 4.79 Å².